The van der Waals surface area contributed by atoms with E-state index in [9.17, 15) is 0 Å². The van der Waals surface area contributed by atoms with Crippen LogP contribution in [0.2, 0.25) is 0 Å². The van der Waals surface area contributed by atoms with Crippen LogP contribution >= 0.6 is 0 Å². The Bertz CT molecular complexity index is 289. The van der Waals surface area contributed by atoms with Gasteiger partial charge in [-0.05, 0) is 62.5 Å². The van der Waals surface area contributed by atoms with E-state index in [0.29, 0.717) is 6.04 Å². The van der Waals surface area contributed by atoms with Crippen LogP contribution in [0.5, 0.6) is 0 Å². The van der Waals surface area contributed by atoms with Crippen LogP contribution in [0.4, 0.5) is 0 Å². The van der Waals surface area contributed by atoms with Crippen molar-refractivity contribution in [3.05, 3.63) is 11.8 Å². The predicted molar refractivity (Wildman–Crippen MR) is 69.7 cm³/mol. The first-order chi connectivity index (χ1) is 8.42. The van der Waals surface area contributed by atoms with E-state index >= 15 is 0 Å². The summed E-state index contributed by atoms with van der Waals surface area (Å²) >= 11 is 0. The summed E-state index contributed by atoms with van der Waals surface area (Å²) in [6.45, 7) is 4.30. The molecule has 2 heteroatoms. The van der Waals surface area contributed by atoms with Gasteiger partial charge in [0, 0.05) is 0 Å². The van der Waals surface area contributed by atoms with E-state index in [1.807, 2.05) is 0 Å². The number of fused-ring (bicyclic) bond motifs is 1. The molecular weight excluding hydrogens is 210 g/mol. The van der Waals surface area contributed by atoms with Crippen LogP contribution in [-0.2, 0) is 4.74 Å². The molecule has 0 saturated heterocycles. The van der Waals surface area contributed by atoms with Crippen molar-refractivity contribution in [1.82, 2.24) is 5.32 Å². The van der Waals surface area contributed by atoms with Crippen LogP contribution < -0.4 is 5.32 Å². The fraction of sp³-hybridized carbons (Fsp3) is 0.867. The Hall–Kier alpha value is -0.500. The zero-order chi connectivity index (χ0) is 11.7. The molecule has 3 atom stereocenters. The largest absolute Gasteiger partial charge is 0.497 e. The highest BCUT2D eigenvalue weighted by Crippen LogP contribution is 2.60. The Morgan fingerprint density at radius 3 is 2.82 bits per heavy atom. The maximum atomic E-state index is 5.90. The van der Waals surface area contributed by atoms with Gasteiger partial charge in [-0.15, -0.1) is 0 Å². The summed E-state index contributed by atoms with van der Waals surface area (Å²) in [5, 5.41) is 3.74. The molecule has 96 valence electrons. The minimum absolute atomic E-state index is 0.533. The Kier molecular flexibility index (Phi) is 3.41. The first-order valence-electron chi connectivity index (χ1n) is 7.48. The lowest BCUT2D eigenvalue weighted by atomic mass is 10.0. The third-order valence-electron chi connectivity index (χ3n) is 4.74. The van der Waals surface area contributed by atoms with Gasteiger partial charge in [0.25, 0.3) is 0 Å². The monoisotopic (exact) mass is 235 g/mol. The van der Waals surface area contributed by atoms with Gasteiger partial charge < -0.3 is 10.1 Å². The Balaban J connectivity index is 1.66. The Labute approximate surface area is 105 Å². The molecule has 0 amide bonds. The van der Waals surface area contributed by atoms with Crippen LogP contribution in [0, 0.1) is 17.8 Å². The van der Waals surface area contributed by atoms with Gasteiger partial charge in [-0.3, -0.25) is 0 Å². The Morgan fingerprint density at radius 1 is 1.35 bits per heavy atom. The SMILES string of the molecule is CCCNC(C1=CCCCO1)C1C2CCCC21. The molecule has 0 radical (unpaired) electrons. The third kappa shape index (κ3) is 2.24. The average molecular weight is 235 g/mol. The highest BCUT2D eigenvalue weighted by molar-refractivity contribution is 5.17. The van der Waals surface area contributed by atoms with Crippen molar-refractivity contribution in [2.45, 2.75) is 51.5 Å². The van der Waals surface area contributed by atoms with Crippen LogP contribution in [0.15, 0.2) is 11.8 Å². The first kappa shape index (κ1) is 11.6. The molecule has 3 aliphatic rings. The molecular formula is C15H25NO. The molecule has 17 heavy (non-hydrogen) atoms. The molecule has 3 unspecified atom stereocenters. The van der Waals surface area contributed by atoms with E-state index < -0.39 is 0 Å². The first-order valence-corrected chi connectivity index (χ1v) is 7.48. The second kappa shape index (κ2) is 5.01. The smallest absolute Gasteiger partial charge is 0.109 e. The average Bonchev–Trinajstić information content (AvgIpc) is 2.85. The summed E-state index contributed by atoms with van der Waals surface area (Å²) < 4.78 is 5.90. The van der Waals surface area contributed by atoms with Crippen molar-refractivity contribution < 1.29 is 4.74 Å². The molecule has 2 aliphatic carbocycles. The molecule has 0 aromatic carbocycles. The molecule has 3 rings (SSSR count). The van der Waals surface area contributed by atoms with E-state index in [0.717, 1.165) is 30.9 Å². The van der Waals surface area contributed by atoms with Crippen molar-refractivity contribution in [2.75, 3.05) is 13.2 Å². The third-order valence-corrected chi connectivity index (χ3v) is 4.74. The van der Waals surface area contributed by atoms with Gasteiger partial charge in [0.05, 0.1) is 12.6 Å². The summed E-state index contributed by atoms with van der Waals surface area (Å²) in [6, 6.07) is 0.533. The molecule has 0 bridgehead atoms. The van der Waals surface area contributed by atoms with Gasteiger partial charge in [-0.1, -0.05) is 13.3 Å². The topological polar surface area (TPSA) is 21.3 Å². The van der Waals surface area contributed by atoms with Gasteiger partial charge in [0.1, 0.15) is 5.76 Å². The fourth-order valence-corrected chi connectivity index (χ4v) is 3.89. The van der Waals surface area contributed by atoms with E-state index in [-0.39, 0.29) is 0 Å². The lowest BCUT2D eigenvalue weighted by Crippen LogP contribution is -2.36. The zero-order valence-electron chi connectivity index (χ0n) is 11.0. The van der Waals surface area contributed by atoms with Gasteiger partial charge >= 0.3 is 0 Å². The summed E-state index contributed by atoms with van der Waals surface area (Å²) in [6.07, 6.45) is 10.4. The standard InChI is InChI=1S/C15H25NO/c1-2-9-16-15(13-8-3-4-10-17-13)14-11-6-5-7-12(11)14/h8,11-12,14-16H,2-7,9-10H2,1H3. The molecule has 1 aliphatic heterocycles. The molecule has 0 aromatic heterocycles. The molecule has 2 saturated carbocycles. The van der Waals surface area contributed by atoms with Crippen molar-refractivity contribution in [3.63, 3.8) is 0 Å². The number of allylic oxidation sites excluding steroid dienone is 1. The zero-order valence-corrected chi connectivity index (χ0v) is 11.0. The van der Waals surface area contributed by atoms with Crippen molar-refractivity contribution in [2.24, 2.45) is 17.8 Å². The van der Waals surface area contributed by atoms with Crippen LogP contribution in [-0.4, -0.2) is 19.2 Å². The highest BCUT2D eigenvalue weighted by atomic mass is 16.5. The van der Waals surface area contributed by atoms with Crippen molar-refractivity contribution in [3.8, 4) is 0 Å². The van der Waals surface area contributed by atoms with Crippen LogP contribution in [0.25, 0.3) is 0 Å². The van der Waals surface area contributed by atoms with E-state index in [1.54, 1.807) is 0 Å². The second-order valence-corrected chi connectivity index (χ2v) is 5.86. The molecule has 0 aromatic rings. The summed E-state index contributed by atoms with van der Waals surface area (Å²) in [7, 11) is 0. The van der Waals surface area contributed by atoms with E-state index in [1.165, 1.54) is 44.3 Å². The number of hydrogen-bond donors (Lipinski definition) is 1. The van der Waals surface area contributed by atoms with E-state index in [2.05, 4.69) is 18.3 Å². The summed E-state index contributed by atoms with van der Waals surface area (Å²) in [4.78, 5) is 0. The van der Waals surface area contributed by atoms with Gasteiger partial charge in [0.2, 0.25) is 0 Å². The van der Waals surface area contributed by atoms with Gasteiger partial charge in [-0.2, -0.15) is 0 Å². The summed E-state index contributed by atoms with van der Waals surface area (Å²) in [5.74, 6) is 4.18. The molecule has 1 N–H and O–H groups in total. The lowest BCUT2D eigenvalue weighted by molar-refractivity contribution is 0.158. The van der Waals surface area contributed by atoms with Crippen molar-refractivity contribution >= 4 is 0 Å². The van der Waals surface area contributed by atoms with Crippen molar-refractivity contribution in [1.29, 1.82) is 0 Å². The normalized spacial score (nSPS) is 37.0. The lowest BCUT2D eigenvalue weighted by Gasteiger charge is -2.26. The Morgan fingerprint density at radius 2 is 2.18 bits per heavy atom. The minimum Gasteiger partial charge on any atom is -0.497 e. The second-order valence-electron chi connectivity index (χ2n) is 5.86. The minimum atomic E-state index is 0.533. The fourth-order valence-electron chi connectivity index (χ4n) is 3.89. The van der Waals surface area contributed by atoms with Crippen LogP contribution in [0.3, 0.4) is 0 Å². The molecule has 2 fully saturated rings. The maximum Gasteiger partial charge on any atom is 0.109 e. The number of ether oxygens (including phenoxy) is 1. The molecule has 0 spiro atoms. The molecule has 1 heterocycles. The van der Waals surface area contributed by atoms with Gasteiger partial charge in [0.15, 0.2) is 0 Å². The number of hydrogen-bond acceptors (Lipinski definition) is 2. The predicted octanol–water partition coefficient (Wildman–Crippen LogP) is 3.10. The quantitative estimate of drug-likeness (QED) is 0.790. The summed E-state index contributed by atoms with van der Waals surface area (Å²) in [5.41, 5.74) is 0. The highest BCUT2D eigenvalue weighted by Gasteiger charge is 2.56. The molecule has 2 nitrogen and oxygen atoms in total. The number of nitrogens with one attached hydrogen (secondary N) is 1. The van der Waals surface area contributed by atoms with Crippen LogP contribution in [0.1, 0.15) is 45.4 Å². The maximum absolute atomic E-state index is 5.90. The van der Waals surface area contributed by atoms with E-state index in [4.69, 9.17) is 4.74 Å². The van der Waals surface area contributed by atoms with Gasteiger partial charge in [-0.25, -0.2) is 0 Å². The number of rotatable bonds is 5.